The highest BCUT2D eigenvalue weighted by molar-refractivity contribution is 9.09. The van der Waals surface area contributed by atoms with Crippen molar-refractivity contribution in [1.82, 2.24) is 5.32 Å². The first-order valence-electron chi connectivity index (χ1n) is 6.90. The van der Waals surface area contributed by atoms with Crippen LogP contribution < -0.4 is 5.32 Å². The number of carbonyl (C=O) groups is 1. The highest BCUT2D eigenvalue weighted by Crippen LogP contribution is 2.36. The van der Waals surface area contributed by atoms with Crippen molar-refractivity contribution < 1.29 is 13.6 Å². The summed E-state index contributed by atoms with van der Waals surface area (Å²) in [5.74, 6) is -2.88. The molecule has 1 aliphatic rings. The van der Waals surface area contributed by atoms with Crippen LogP contribution in [-0.4, -0.2) is 23.2 Å². The fourth-order valence-corrected chi connectivity index (χ4v) is 2.88. The highest BCUT2D eigenvalue weighted by atomic mass is 79.9. The quantitative estimate of drug-likeness (QED) is 0.766. The molecule has 112 valence electrons. The number of halogens is 3. The second-order valence-corrected chi connectivity index (χ2v) is 7.33. The van der Waals surface area contributed by atoms with Gasteiger partial charge in [0.15, 0.2) is 0 Å². The lowest BCUT2D eigenvalue weighted by atomic mass is 9.83. The Kier molecular flexibility index (Phi) is 5.78. The summed E-state index contributed by atoms with van der Waals surface area (Å²) in [5.41, 5.74) is -0.0258. The average molecular weight is 340 g/mol. The summed E-state index contributed by atoms with van der Waals surface area (Å²) in [5, 5.41) is 3.86. The van der Waals surface area contributed by atoms with Crippen LogP contribution in [0.5, 0.6) is 0 Å². The molecule has 1 aliphatic carbocycles. The Morgan fingerprint density at radius 1 is 1.37 bits per heavy atom. The standard InChI is InChI=1S/C14H24BrF2NO/c1-13(2,3)11(6-9-15)18-12(19)10-4-7-14(16,17)8-5-10/h10-11H,4-9H2,1-3H3,(H,18,19). The van der Waals surface area contributed by atoms with E-state index >= 15 is 0 Å². The molecule has 1 rings (SSSR count). The molecule has 1 atom stereocenters. The first-order chi connectivity index (χ1) is 8.65. The molecule has 0 bridgehead atoms. The predicted octanol–water partition coefficient (Wildman–Crippen LogP) is 4.13. The zero-order valence-electron chi connectivity index (χ0n) is 11.9. The number of carbonyl (C=O) groups excluding carboxylic acids is 1. The van der Waals surface area contributed by atoms with Gasteiger partial charge in [0.25, 0.3) is 0 Å². The molecule has 0 aromatic heterocycles. The maximum Gasteiger partial charge on any atom is 0.248 e. The summed E-state index contributed by atoms with van der Waals surface area (Å²) in [6.07, 6.45) is 1.11. The van der Waals surface area contributed by atoms with Gasteiger partial charge < -0.3 is 5.32 Å². The molecule has 1 unspecified atom stereocenters. The van der Waals surface area contributed by atoms with Crippen LogP contribution in [0.15, 0.2) is 0 Å². The van der Waals surface area contributed by atoms with Gasteiger partial charge in [-0.3, -0.25) is 4.79 Å². The molecule has 0 saturated heterocycles. The molecule has 5 heteroatoms. The van der Waals surface area contributed by atoms with Gasteiger partial charge in [-0.15, -0.1) is 0 Å². The van der Waals surface area contributed by atoms with E-state index in [-0.39, 0.29) is 36.1 Å². The smallest absolute Gasteiger partial charge is 0.248 e. The fourth-order valence-electron chi connectivity index (χ4n) is 2.42. The number of hydrogen-bond acceptors (Lipinski definition) is 1. The zero-order chi connectivity index (χ0) is 14.7. The van der Waals surface area contributed by atoms with Gasteiger partial charge in [0, 0.05) is 30.1 Å². The molecule has 0 heterocycles. The number of alkyl halides is 3. The molecular formula is C14H24BrF2NO. The molecular weight excluding hydrogens is 316 g/mol. The van der Waals surface area contributed by atoms with Crippen LogP contribution >= 0.6 is 15.9 Å². The van der Waals surface area contributed by atoms with E-state index in [9.17, 15) is 13.6 Å². The average Bonchev–Trinajstić information content (AvgIpc) is 2.26. The molecule has 0 aromatic carbocycles. The van der Waals surface area contributed by atoms with Gasteiger partial charge in [-0.2, -0.15) is 0 Å². The Morgan fingerprint density at radius 3 is 2.32 bits per heavy atom. The summed E-state index contributed by atoms with van der Waals surface area (Å²) in [6, 6.07) is 0.0711. The van der Waals surface area contributed by atoms with Crippen LogP contribution in [0, 0.1) is 11.3 Å². The topological polar surface area (TPSA) is 29.1 Å². The second kappa shape index (κ2) is 6.51. The van der Waals surface area contributed by atoms with Crippen molar-refractivity contribution in [3.8, 4) is 0 Å². The van der Waals surface area contributed by atoms with Gasteiger partial charge in [-0.05, 0) is 24.7 Å². The monoisotopic (exact) mass is 339 g/mol. The molecule has 0 aliphatic heterocycles. The van der Waals surface area contributed by atoms with Crippen LogP contribution in [0.25, 0.3) is 0 Å². The third-order valence-corrected chi connectivity index (χ3v) is 4.31. The molecule has 0 radical (unpaired) electrons. The van der Waals surface area contributed by atoms with Crippen molar-refractivity contribution >= 4 is 21.8 Å². The minimum atomic E-state index is -2.57. The van der Waals surface area contributed by atoms with Crippen LogP contribution in [0.3, 0.4) is 0 Å². The van der Waals surface area contributed by atoms with Crippen molar-refractivity contribution in [2.75, 3.05) is 5.33 Å². The summed E-state index contributed by atoms with van der Waals surface area (Å²) in [6.45, 7) is 6.24. The highest BCUT2D eigenvalue weighted by Gasteiger charge is 2.38. The van der Waals surface area contributed by atoms with Crippen molar-refractivity contribution in [1.29, 1.82) is 0 Å². The Bertz CT molecular complexity index is 305. The van der Waals surface area contributed by atoms with Gasteiger partial charge in [0.2, 0.25) is 11.8 Å². The van der Waals surface area contributed by atoms with E-state index in [1.165, 1.54) is 0 Å². The van der Waals surface area contributed by atoms with E-state index in [0.717, 1.165) is 11.8 Å². The maximum atomic E-state index is 13.1. The van der Waals surface area contributed by atoms with Gasteiger partial charge in [-0.1, -0.05) is 36.7 Å². The van der Waals surface area contributed by atoms with Crippen molar-refractivity contribution in [2.45, 2.75) is 64.8 Å². The Hall–Kier alpha value is -0.190. The lowest BCUT2D eigenvalue weighted by Gasteiger charge is -2.34. The van der Waals surface area contributed by atoms with Gasteiger partial charge in [0.1, 0.15) is 0 Å². The molecule has 1 fully saturated rings. The second-order valence-electron chi connectivity index (χ2n) is 6.54. The van der Waals surface area contributed by atoms with Gasteiger partial charge in [-0.25, -0.2) is 8.78 Å². The third-order valence-electron chi connectivity index (χ3n) is 3.85. The van der Waals surface area contributed by atoms with Crippen molar-refractivity contribution in [3.05, 3.63) is 0 Å². The summed E-state index contributed by atoms with van der Waals surface area (Å²) >= 11 is 3.39. The van der Waals surface area contributed by atoms with Gasteiger partial charge in [0.05, 0.1) is 0 Å². The number of amides is 1. The molecule has 0 spiro atoms. The largest absolute Gasteiger partial charge is 0.353 e. The number of hydrogen-bond donors (Lipinski definition) is 1. The van der Waals surface area contributed by atoms with Gasteiger partial charge >= 0.3 is 0 Å². The molecule has 1 saturated carbocycles. The predicted molar refractivity (Wildman–Crippen MR) is 76.7 cm³/mol. The first kappa shape index (κ1) is 16.9. The fraction of sp³-hybridized carbons (Fsp3) is 0.929. The van der Waals surface area contributed by atoms with Crippen molar-refractivity contribution in [2.24, 2.45) is 11.3 Å². The number of rotatable bonds is 4. The lowest BCUT2D eigenvalue weighted by Crippen LogP contribution is -2.47. The van der Waals surface area contributed by atoms with E-state index in [2.05, 4.69) is 42.0 Å². The SMILES string of the molecule is CC(C)(C)C(CCBr)NC(=O)C1CCC(F)(F)CC1. The van der Waals surface area contributed by atoms with E-state index in [0.29, 0.717) is 12.8 Å². The Morgan fingerprint density at radius 2 is 1.89 bits per heavy atom. The maximum absolute atomic E-state index is 13.1. The van der Waals surface area contributed by atoms with Crippen LogP contribution in [-0.2, 0) is 4.79 Å². The molecule has 19 heavy (non-hydrogen) atoms. The third kappa shape index (κ3) is 5.36. The Balaban J connectivity index is 2.54. The molecule has 2 nitrogen and oxygen atoms in total. The minimum Gasteiger partial charge on any atom is -0.353 e. The Labute approximate surface area is 122 Å². The summed E-state index contributed by atoms with van der Waals surface area (Å²) in [4.78, 5) is 12.2. The van der Waals surface area contributed by atoms with Crippen molar-refractivity contribution in [3.63, 3.8) is 0 Å². The van der Waals surface area contributed by atoms with Crippen LogP contribution in [0.4, 0.5) is 8.78 Å². The summed E-state index contributed by atoms with van der Waals surface area (Å²) in [7, 11) is 0. The van der Waals surface area contributed by atoms with E-state index in [4.69, 9.17) is 0 Å². The van der Waals surface area contributed by atoms with E-state index in [1.807, 2.05) is 0 Å². The first-order valence-corrected chi connectivity index (χ1v) is 8.02. The number of nitrogens with one attached hydrogen (secondary N) is 1. The molecule has 0 aromatic rings. The van der Waals surface area contributed by atoms with E-state index < -0.39 is 5.92 Å². The minimum absolute atomic E-state index is 0.0258. The zero-order valence-corrected chi connectivity index (χ0v) is 13.5. The molecule has 1 amide bonds. The normalized spacial score (nSPS) is 22.0. The van der Waals surface area contributed by atoms with Crippen LogP contribution in [0.1, 0.15) is 52.9 Å². The van der Waals surface area contributed by atoms with Crippen LogP contribution in [0.2, 0.25) is 0 Å². The summed E-state index contributed by atoms with van der Waals surface area (Å²) < 4.78 is 26.2. The lowest BCUT2D eigenvalue weighted by molar-refractivity contribution is -0.130. The van der Waals surface area contributed by atoms with E-state index in [1.54, 1.807) is 0 Å². The molecule has 1 N–H and O–H groups in total.